The molecule has 10 nitrogen and oxygen atoms in total. The Balaban J connectivity index is 4.84. The fraction of sp³-hybridized carbons (Fsp3) is 0.941. The number of esters is 2. The van der Waals surface area contributed by atoms with Crippen LogP contribution in [-0.4, -0.2) is 55.2 Å². The highest BCUT2D eigenvalue weighted by atomic mass is 32.2. The van der Waals surface area contributed by atoms with Gasteiger partial charge in [-0.05, 0) is 44.4 Å². The van der Waals surface area contributed by atoms with Crippen molar-refractivity contribution in [3.8, 4) is 0 Å². The Hall–Kier alpha value is -1.24. The molecule has 0 aromatic carbocycles. The first kappa shape index (κ1) is 44.8. The Bertz CT molecular complexity index is 997. The Morgan fingerprint density at radius 1 is 0.565 bits per heavy atom. The fourth-order valence-electron chi connectivity index (χ4n) is 5.77. The Morgan fingerprint density at radius 2 is 1.02 bits per heavy atom. The van der Waals surface area contributed by atoms with Crippen LogP contribution in [0, 0.1) is 11.8 Å². The summed E-state index contributed by atoms with van der Waals surface area (Å²) in [5.41, 5.74) is -1.89. The average Bonchev–Trinajstić information content (AvgIpc) is 2.98. The van der Waals surface area contributed by atoms with Crippen molar-refractivity contribution in [1.29, 1.82) is 0 Å². The summed E-state index contributed by atoms with van der Waals surface area (Å²) in [6, 6.07) is 0. The van der Waals surface area contributed by atoms with E-state index in [1.54, 1.807) is 0 Å². The Kier molecular flexibility index (Phi) is 26.0. The van der Waals surface area contributed by atoms with E-state index in [2.05, 4.69) is 13.8 Å². The van der Waals surface area contributed by atoms with E-state index in [4.69, 9.17) is 9.47 Å². The molecule has 0 aliphatic rings. The highest BCUT2D eigenvalue weighted by Gasteiger charge is 2.40. The molecule has 0 amide bonds. The molecule has 0 rings (SSSR count). The van der Waals surface area contributed by atoms with Crippen molar-refractivity contribution < 1.29 is 45.0 Å². The predicted molar refractivity (Wildman–Crippen MR) is 184 cm³/mol. The normalized spacial score (nSPS) is 14.8. The first-order valence-corrected chi connectivity index (χ1v) is 21.1. The van der Waals surface area contributed by atoms with Gasteiger partial charge < -0.3 is 9.47 Å². The van der Waals surface area contributed by atoms with Gasteiger partial charge in [0.1, 0.15) is 0 Å². The van der Waals surface area contributed by atoms with Crippen LogP contribution in [0.1, 0.15) is 175 Å². The molecule has 0 aliphatic carbocycles. The van der Waals surface area contributed by atoms with E-state index in [0.29, 0.717) is 70.3 Å². The lowest BCUT2D eigenvalue weighted by Gasteiger charge is -2.26. The molecule has 4 unspecified atom stereocenters. The van der Waals surface area contributed by atoms with E-state index in [9.17, 15) is 35.5 Å². The van der Waals surface area contributed by atoms with Crippen molar-refractivity contribution in [3.05, 3.63) is 0 Å². The number of carbonyl (C=O) groups is 2. The lowest BCUT2D eigenvalue weighted by Crippen LogP contribution is -2.40. The van der Waals surface area contributed by atoms with Crippen LogP contribution in [-0.2, 0) is 39.3 Å². The van der Waals surface area contributed by atoms with Gasteiger partial charge in [0, 0.05) is 12.3 Å². The number of ether oxygens (including phenoxy) is 2. The van der Waals surface area contributed by atoms with Crippen LogP contribution in [0.3, 0.4) is 0 Å². The number of rotatable bonds is 31. The molecule has 0 aromatic heterocycles. The minimum Gasteiger partial charge on any atom is -0.465 e. The minimum absolute atomic E-state index is 0.208. The van der Waals surface area contributed by atoms with Gasteiger partial charge >= 0.3 is 22.1 Å². The van der Waals surface area contributed by atoms with Crippen LogP contribution < -0.4 is 0 Å². The van der Waals surface area contributed by atoms with Gasteiger partial charge in [-0.15, -0.1) is 0 Å². The second-order valence-corrected chi connectivity index (χ2v) is 16.0. The van der Waals surface area contributed by atoms with E-state index in [1.807, 2.05) is 13.8 Å². The summed E-state index contributed by atoms with van der Waals surface area (Å²) in [5, 5.41) is -1.94. The molecule has 0 bridgehead atoms. The van der Waals surface area contributed by atoms with Gasteiger partial charge in [-0.1, -0.05) is 130 Å². The molecule has 0 heterocycles. The molecular weight excluding hydrogens is 632 g/mol. The van der Waals surface area contributed by atoms with Crippen LogP contribution >= 0.6 is 0 Å². The smallest absolute Gasteiger partial charge is 0.328 e. The highest BCUT2D eigenvalue weighted by molar-refractivity contribution is 7.87. The molecule has 2 N–H and O–H groups in total. The van der Waals surface area contributed by atoms with E-state index in [0.717, 1.165) is 57.8 Å². The van der Waals surface area contributed by atoms with Gasteiger partial charge in [0.25, 0.3) is 10.1 Å². The summed E-state index contributed by atoms with van der Waals surface area (Å²) >= 11 is 0. The third-order valence-electron chi connectivity index (χ3n) is 8.65. The minimum atomic E-state index is -4.87. The zero-order valence-electron chi connectivity index (χ0n) is 29.3. The second-order valence-electron chi connectivity index (χ2n) is 12.9. The van der Waals surface area contributed by atoms with Gasteiger partial charge in [-0.25, -0.2) is 0 Å². The predicted octanol–water partition coefficient (Wildman–Crippen LogP) is 8.83. The standard InChI is InChI=1S/C34H66O10S2/c1-5-9-13-18-23-29(22-11-7-3)28-43-32(35)27-21-17-15-16-20-26-31(45(37,38)39)33(36)44-34(46(40,41)42)30(24-12-8-4)25-19-14-10-6-2/h29-31,34H,5-28H2,1-4H3,(H,37,38,39)(H,40,41,42). The summed E-state index contributed by atoms with van der Waals surface area (Å²) in [7, 11) is -9.70. The summed E-state index contributed by atoms with van der Waals surface area (Å²) in [6.07, 6.45) is 17.8. The van der Waals surface area contributed by atoms with Crippen molar-refractivity contribution >= 4 is 32.2 Å². The molecular formula is C34H66O10S2. The monoisotopic (exact) mass is 698 g/mol. The van der Waals surface area contributed by atoms with Crippen molar-refractivity contribution in [2.75, 3.05) is 6.61 Å². The van der Waals surface area contributed by atoms with Crippen molar-refractivity contribution in [1.82, 2.24) is 0 Å². The summed E-state index contributed by atoms with van der Waals surface area (Å²) in [4.78, 5) is 25.2. The van der Waals surface area contributed by atoms with Gasteiger partial charge in [-0.3, -0.25) is 18.7 Å². The van der Waals surface area contributed by atoms with Crippen molar-refractivity contribution in [2.45, 2.75) is 186 Å². The fourth-order valence-corrected chi connectivity index (χ4v) is 7.51. The molecule has 0 radical (unpaired) electrons. The Labute approximate surface area is 281 Å². The highest BCUT2D eigenvalue weighted by Crippen LogP contribution is 2.28. The van der Waals surface area contributed by atoms with Gasteiger partial charge in [-0.2, -0.15) is 16.8 Å². The zero-order chi connectivity index (χ0) is 34.8. The molecule has 0 aromatic rings. The third kappa shape index (κ3) is 22.4. The molecule has 4 atom stereocenters. The zero-order valence-corrected chi connectivity index (χ0v) is 30.9. The third-order valence-corrected chi connectivity index (χ3v) is 10.9. The van der Waals surface area contributed by atoms with Crippen LogP contribution in [0.5, 0.6) is 0 Å². The number of hydrogen-bond donors (Lipinski definition) is 2. The number of carbonyl (C=O) groups excluding carboxylic acids is 2. The second kappa shape index (κ2) is 26.7. The largest absolute Gasteiger partial charge is 0.465 e. The van der Waals surface area contributed by atoms with Gasteiger partial charge in [0.15, 0.2) is 5.25 Å². The van der Waals surface area contributed by atoms with Crippen LogP contribution in [0.25, 0.3) is 0 Å². The van der Waals surface area contributed by atoms with Crippen molar-refractivity contribution in [3.63, 3.8) is 0 Å². The maximum Gasteiger partial charge on any atom is 0.328 e. The maximum atomic E-state index is 12.9. The quantitative estimate of drug-likeness (QED) is 0.0406. The number of hydrogen-bond acceptors (Lipinski definition) is 8. The summed E-state index contributed by atoms with van der Waals surface area (Å²) < 4.78 is 79.1. The average molecular weight is 699 g/mol. The maximum absolute atomic E-state index is 12.9. The molecule has 46 heavy (non-hydrogen) atoms. The molecule has 0 saturated heterocycles. The van der Waals surface area contributed by atoms with Crippen LogP contribution in [0.2, 0.25) is 0 Å². The van der Waals surface area contributed by atoms with Crippen LogP contribution in [0.15, 0.2) is 0 Å². The Morgan fingerprint density at radius 3 is 1.59 bits per heavy atom. The summed E-state index contributed by atoms with van der Waals surface area (Å²) in [6.45, 7) is 8.80. The lowest BCUT2D eigenvalue weighted by atomic mass is 9.95. The van der Waals surface area contributed by atoms with E-state index < -0.39 is 42.8 Å². The van der Waals surface area contributed by atoms with Gasteiger partial charge in [0.05, 0.1) is 6.61 Å². The topological polar surface area (TPSA) is 161 Å². The van der Waals surface area contributed by atoms with Crippen LogP contribution in [0.4, 0.5) is 0 Å². The van der Waals surface area contributed by atoms with E-state index in [1.165, 1.54) is 19.3 Å². The molecule has 0 spiro atoms. The lowest BCUT2D eigenvalue weighted by molar-refractivity contribution is -0.148. The SMILES string of the molecule is CCCCCCC(CCCC)COC(=O)CCCCCCCC(C(=O)OC(C(CCCC)CCCCCC)S(=O)(=O)O)S(=O)(=O)O. The molecule has 0 saturated carbocycles. The first-order valence-electron chi connectivity index (χ1n) is 18.1. The number of unbranched alkanes of at least 4 members (excludes halogenated alkanes) is 12. The van der Waals surface area contributed by atoms with Crippen molar-refractivity contribution in [2.24, 2.45) is 11.8 Å². The molecule has 0 fully saturated rings. The molecule has 274 valence electrons. The molecule has 0 aliphatic heterocycles. The van der Waals surface area contributed by atoms with Gasteiger partial charge in [0.2, 0.25) is 5.44 Å². The molecule has 12 heteroatoms. The van der Waals surface area contributed by atoms with E-state index in [-0.39, 0.29) is 18.8 Å². The first-order chi connectivity index (χ1) is 21.8. The summed E-state index contributed by atoms with van der Waals surface area (Å²) in [5.74, 6) is -1.85. The van der Waals surface area contributed by atoms with E-state index >= 15 is 0 Å².